The minimum absolute atomic E-state index is 0.233. The Labute approximate surface area is 78.6 Å². The molecule has 0 amide bonds. The van der Waals surface area contributed by atoms with Gasteiger partial charge in [0, 0.05) is 25.6 Å². The lowest BCUT2D eigenvalue weighted by Crippen LogP contribution is -2.14. The molecule has 14 heavy (non-hydrogen) atoms. The van der Waals surface area contributed by atoms with Gasteiger partial charge in [0.15, 0.2) is 0 Å². The van der Waals surface area contributed by atoms with E-state index in [1.165, 1.54) is 6.20 Å². The number of fused-ring (bicyclic) bond motifs is 1. The first-order valence-corrected chi connectivity index (χ1v) is 4.00. The van der Waals surface area contributed by atoms with Gasteiger partial charge in [0.1, 0.15) is 5.56 Å². The summed E-state index contributed by atoms with van der Waals surface area (Å²) in [5.74, 6) is -1.21. The summed E-state index contributed by atoms with van der Waals surface area (Å²) in [6, 6.07) is 0. The fourth-order valence-electron chi connectivity index (χ4n) is 1.40. The van der Waals surface area contributed by atoms with Gasteiger partial charge >= 0.3 is 5.97 Å². The fraction of sp³-hybridized carbons (Fsp3) is 0.111. The maximum atomic E-state index is 11.6. The van der Waals surface area contributed by atoms with Crippen LogP contribution in [0.25, 0.3) is 10.9 Å². The number of aromatic carboxylic acids is 1. The highest BCUT2D eigenvalue weighted by Gasteiger charge is 2.11. The highest BCUT2D eigenvalue weighted by Crippen LogP contribution is 2.07. The molecular formula is C9H8N2O3. The molecule has 0 aliphatic heterocycles. The summed E-state index contributed by atoms with van der Waals surface area (Å²) in [6.07, 6.45) is 4.54. The Kier molecular flexibility index (Phi) is 1.67. The van der Waals surface area contributed by atoms with E-state index in [1.807, 2.05) is 0 Å². The first kappa shape index (κ1) is 8.55. The lowest BCUT2D eigenvalue weighted by atomic mass is 10.2. The van der Waals surface area contributed by atoms with Crippen molar-refractivity contribution < 1.29 is 9.90 Å². The number of pyridine rings is 1. The van der Waals surface area contributed by atoms with Crippen LogP contribution in [0.3, 0.4) is 0 Å². The van der Waals surface area contributed by atoms with E-state index in [-0.39, 0.29) is 5.56 Å². The van der Waals surface area contributed by atoms with Gasteiger partial charge in [-0.05, 0) is 0 Å². The average Bonchev–Trinajstić information content (AvgIpc) is 2.46. The third kappa shape index (κ3) is 1.10. The molecule has 0 bridgehead atoms. The first-order valence-electron chi connectivity index (χ1n) is 4.00. The predicted octanol–water partition coefficient (Wildman–Crippen LogP) is 0.565. The van der Waals surface area contributed by atoms with Gasteiger partial charge in [-0.25, -0.2) is 4.79 Å². The Balaban J connectivity index is 2.88. The minimum Gasteiger partial charge on any atom is -0.477 e. The van der Waals surface area contributed by atoms with Gasteiger partial charge in [-0.3, -0.25) is 4.79 Å². The monoisotopic (exact) mass is 192 g/mol. The number of carbonyl (C=O) groups is 1. The molecule has 2 aromatic rings. The molecular weight excluding hydrogens is 184 g/mol. The number of rotatable bonds is 1. The highest BCUT2D eigenvalue weighted by molar-refractivity contribution is 5.92. The number of carboxylic acids is 1. The number of nitrogens with one attached hydrogen (secondary N) is 1. The maximum absolute atomic E-state index is 11.6. The molecule has 5 heteroatoms. The average molecular weight is 192 g/mol. The summed E-state index contributed by atoms with van der Waals surface area (Å²) in [4.78, 5) is 25.0. The van der Waals surface area contributed by atoms with Crippen LogP contribution in [0.2, 0.25) is 0 Å². The predicted molar refractivity (Wildman–Crippen MR) is 50.5 cm³/mol. The van der Waals surface area contributed by atoms with Crippen molar-refractivity contribution in [3.8, 4) is 0 Å². The molecule has 0 aliphatic rings. The molecule has 72 valence electrons. The van der Waals surface area contributed by atoms with E-state index < -0.39 is 11.4 Å². The van der Waals surface area contributed by atoms with Crippen molar-refractivity contribution in [1.29, 1.82) is 0 Å². The Morgan fingerprint density at radius 3 is 2.86 bits per heavy atom. The van der Waals surface area contributed by atoms with Gasteiger partial charge in [-0.15, -0.1) is 0 Å². The quantitative estimate of drug-likeness (QED) is 0.693. The second kappa shape index (κ2) is 2.73. The molecule has 2 rings (SSSR count). The summed E-state index contributed by atoms with van der Waals surface area (Å²) < 4.78 is 1.70. The zero-order valence-electron chi connectivity index (χ0n) is 7.44. The van der Waals surface area contributed by atoms with E-state index >= 15 is 0 Å². The first-order chi connectivity index (χ1) is 6.59. The number of nitrogens with zero attached hydrogens (tertiary/aromatic N) is 1. The zero-order chi connectivity index (χ0) is 10.3. The molecule has 0 radical (unpaired) electrons. The standard InChI is InChI=1S/C9H8N2O3/c1-11-3-6-7(4-11)10-2-5(8(6)12)9(13)14/h2-4,10H,1H3,(H,13,14). The summed E-state index contributed by atoms with van der Waals surface area (Å²) in [7, 11) is 1.77. The van der Waals surface area contributed by atoms with E-state index in [0.29, 0.717) is 10.9 Å². The Morgan fingerprint density at radius 2 is 2.21 bits per heavy atom. The molecule has 0 aromatic carbocycles. The molecule has 0 atom stereocenters. The van der Waals surface area contributed by atoms with Crippen LogP contribution in [0.5, 0.6) is 0 Å². The van der Waals surface area contributed by atoms with Crippen molar-refractivity contribution in [2.75, 3.05) is 0 Å². The summed E-state index contributed by atoms with van der Waals surface area (Å²) in [5, 5.41) is 9.10. The lowest BCUT2D eigenvalue weighted by molar-refractivity contribution is 0.0695. The molecule has 2 aromatic heterocycles. The Bertz CT molecular complexity index is 565. The van der Waals surface area contributed by atoms with Crippen molar-refractivity contribution >= 4 is 16.9 Å². The third-order valence-corrected chi connectivity index (χ3v) is 2.05. The fourth-order valence-corrected chi connectivity index (χ4v) is 1.40. The van der Waals surface area contributed by atoms with Crippen LogP contribution in [-0.2, 0) is 7.05 Å². The van der Waals surface area contributed by atoms with Gasteiger partial charge < -0.3 is 14.7 Å². The van der Waals surface area contributed by atoms with E-state index in [1.54, 1.807) is 24.0 Å². The normalized spacial score (nSPS) is 10.6. The number of carboxylic acid groups (broad SMARTS) is 1. The van der Waals surface area contributed by atoms with E-state index in [2.05, 4.69) is 4.98 Å². The van der Waals surface area contributed by atoms with Gasteiger partial charge in [0.05, 0.1) is 10.9 Å². The van der Waals surface area contributed by atoms with Gasteiger partial charge in [-0.1, -0.05) is 0 Å². The second-order valence-corrected chi connectivity index (χ2v) is 3.09. The summed E-state index contributed by atoms with van der Waals surface area (Å²) >= 11 is 0. The molecule has 0 saturated carbocycles. The topological polar surface area (TPSA) is 75.1 Å². The summed E-state index contributed by atoms with van der Waals surface area (Å²) in [6.45, 7) is 0. The van der Waals surface area contributed by atoms with Crippen LogP contribution in [0, 0.1) is 0 Å². The Morgan fingerprint density at radius 1 is 1.50 bits per heavy atom. The SMILES string of the molecule is Cn1cc2[nH]cc(C(=O)O)c(=O)c2c1. The number of aromatic amines is 1. The van der Waals surface area contributed by atoms with Gasteiger partial charge in [-0.2, -0.15) is 0 Å². The molecule has 0 aliphatic carbocycles. The smallest absolute Gasteiger partial charge is 0.341 e. The number of aromatic nitrogens is 2. The van der Waals surface area contributed by atoms with Crippen LogP contribution in [0.15, 0.2) is 23.4 Å². The Hall–Kier alpha value is -2.04. The molecule has 5 nitrogen and oxygen atoms in total. The van der Waals surface area contributed by atoms with Crippen LogP contribution >= 0.6 is 0 Å². The van der Waals surface area contributed by atoms with Crippen molar-refractivity contribution in [2.45, 2.75) is 0 Å². The lowest BCUT2D eigenvalue weighted by Gasteiger charge is -1.93. The molecule has 0 fully saturated rings. The van der Waals surface area contributed by atoms with Crippen molar-refractivity contribution in [1.82, 2.24) is 9.55 Å². The highest BCUT2D eigenvalue weighted by atomic mass is 16.4. The number of hydrogen-bond acceptors (Lipinski definition) is 2. The molecule has 2 N–H and O–H groups in total. The number of H-pyrrole nitrogens is 1. The van der Waals surface area contributed by atoms with Crippen molar-refractivity contribution in [2.24, 2.45) is 7.05 Å². The molecule has 0 saturated heterocycles. The van der Waals surface area contributed by atoms with Crippen LogP contribution < -0.4 is 5.43 Å². The molecule has 0 spiro atoms. The minimum atomic E-state index is -1.21. The van der Waals surface area contributed by atoms with E-state index in [0.717, 1.165) is 0 Å². The van der Waals surface area contributed by atoms with Crippen LogP contribution in [0.4, 0.5) is 0 Å². The molecule has 0 unspecified atom stereocenters. The number of aryl methyl sites for hydroxylation is 1. The second-order valence-electron chi connectivity index (χ2n) is 3.09. The zero-order valence-corrected chi connectivity index (χ0v) is 7.44. The number of hydrogen-bond donors (Lipinski definition) is 2. The third-order valence-electron chi connectivity index (χ3n) is 2.05. The van der Waals surface area contributed by atoms with E-state index in [9.17, 15) is 9.59 Å². The van der Waals surface area contributed by atoms with Gasteiger partial charge in [0.2, 0.25) is 5.43 Å². The summed E-state index contributed by atoms with van der Waals surface area (Å²) in [5.41, 5.74) is -0.0435. The van der Waals surface area contributed by atoms with Gasteiger partial charge in [0.25, 0.3) is 0 Å². The van der Waals surface area contributed by atoms with Crippen LogP contribution in [0.1, 0.15) is 10.4 Å². The van der Waals surface area contributed by atoms with Crippen molar-refractivity contribution in [3.05, 3.63) is 34.4 Å². The van der Waals surface area contributed by atoms with Crippen molar-refractivity contribution in [3.63, 3.8) is 0 Å². The van der Waals surface area contributed by atoms with Crippen LogP contribution in [-0.4, -0.2) is 20.6 Å². The molecule has 2 heterocycles. The maximum Gasteiger partial charge on any atom is 0.341 e. The van der Waals surface area contributed by atoms with E-state index in [4.69, 9.17) is 5.11 Å². The largest absolute Gasteiger partial charge is 0.477 e.